The Morgan fingerprint density at radius 3 is 2.65 bits per heavy atom. The van der Waals surface area contributed by atoms with Gasteiger partial charge in [-0.1, -0.05) is 18.2 Å². The van der Waals surface area contributed by atoms with Gasteiger partial charge in [-0.15, -0.1) is 0 Å². The number of carboxylic acid groups (broad SMARTS) is 1. The minimum absolute atomic E-state index is 0.00160. The van der Waals surface area contributed by atoms with Crippen LogP contribution >= 0.6 is 0 Å². The molecular weight excluding hydrogens is 336 g/mol. The fraction of sp³-hybridized carbons (Fsp3) is 0.158. The largest absolute Gasteiger partial charge is 0.496 e. The SMILES string of the molecule is COc1cc(C(=O)N(C)c2ccccc2C2NC=CO2)ccc1C(=O)O. The standard InChI is InChI=1S/C19H18N2O5/c1-21(15-6-4-3-5-13(15)17-20-9-10-26-17)18(22)12-7-8-14(19(23)24)16(11-12)25-2/h3-11,17,20H,1-2H3,(H,23,24). The molecule has 2 aromatic carbocycles. The zero-order chi connectivity index (χ0) is 18.7. The third kappa shape index (κ3) is 3.19. The molecule has 0 aromatic heterocycles. The van der Waals surface area contributed by atoms with Crippen LogP contribution in [0, 0.1) is 0 Å². The van der Waals surface area contributed by atoms with Crippen molar-refractivity contribution in [1.82, 2.24) is 5.32 Å². The van der Waals surface area contributed by atoms with Crippen LogP contribution in [0.2, 0.25) is 0 Å². The van der Waals surface area contributed by atoms with Crippen LogP contribution in [0.25, 0.3) is 0 Å². The van der Waals surface area contributed by atoms with Crippen molar-refractivity contribution in [3.05, 3.63) is 71.6 Å². The van der Waals surface area contributed by atoms with Crippen LogP contribution in [0.15, 0.2) is 54.9 Å². The van der Waals surface area contributed by atoms with Crippen LogP contribution in [0.4, 0.5) is 5.69 Å². The highest BCUT2D eigenvalue weighted by Crippen LogP contribution is 2.30. The number of carbonyl (C=O) groups excluding carboxylic acids is 1. The molecule has 0 saturated heterocycles. The van der Waals surface area contributed by atoms with E-state index >= 15 is 0 Å². The second-order valence-corrected chi connectivity index (χ2v) is 5.63. The number of benzene rings is 2. The summed E-state index contributed by atoms with van der Waals surface area (Å²) in [5.41, 5.74) is 1.81. The Hall–Kier alpha value is -3.48. The molecule has 134 valence electrons. The number of hydrogen-bond donors (Lipinski definition) is 2. The van der Waals surface area contributed by atoms with E-state index < -0.39 is 5.97 Å². The Morgan fingerprint density at radius 1 is 1.23 bits per heavy atom. The van der Waals surface area contributed by atoms with Gasteiger partial charge in [-0.2, -0.15) is 0 Å². The maximum Gasteiger partial charge on any atom is 0.339 e. The average Bonchev–Trinajstić information content (AvgIpc) is 3.20. The number of ether oxygens (including phenoxy) is 2. The number of aromatic carboxylic acids is 1. The third-order valence-corrected chi connectivity index (χ3v) is 4.09. The van der Waals surface area contributed by atoms with Crippen molar-refractivity contribution in [3.63, 3.8) is 0 Å². The summed E-state index contributed by atoms with van der Waals surface area (Å²) < 4.78 is 10.6. The lowest BCUT2D eigenvalue weighted by molar-refractivity contribution is 0.0692. The van der Waals surface area contributed by atoms with E-state index in [1.165, 1.54) is 30.2 Å². The normalized spacial score (nSPS) is 15.1. The Kier molecular flexibility index (Phi) is 4.79. The molecule has 7 heteroatoms. The maximum absolute atomic E-state index is 12.9. The topological polar surface area (TPSA) is 88.1 Å². The molecule has 0 spiro atoms. The molecule has 3 rings (SSSR count). The summed E-state index contributed by atoms with van der Waals surface area (Å²) in [5, 5.41) is 12.2. The number of hydrogen-bond acceptors (Lipinski definition) is 5. The molecule has 2 aromatic rings. The lowest BCUT2D eigenvalue weighted by Crippen LogP contribution is -2.28. The van der Waals surface area contributed by atoms with Gasteiger partial charge >= 0.3 is 5.97 Å². The average molecular weight is 354 g/mol. The van der Waals surface area contributed by atoms with Crippen LogP contribution in [0.1, 0.15) is 32.5 Å². The van der Waals surface area contributed by atoms with Gasteiger partial charge < -0.3 is 24.8 Å². The molecule has 1 unspecified atom stereocenters. The molecule has 0 bridgehead atoms. The second kappa shape index (κ2) is 7.18. The molecule has 1 amide bonds. The van der Waals surface area contributed by atoms with Crippen molar-refractivity contribution in [1.29, 1.82) is 0 Å². The van der Waals surface area contributed by atoms with Crippen molar-refractivity contribution < 1.29 is 24.2 Å². The first-order chi connectivity index (χ1) is 12.5. The van der Waals surface area contributed by atoms with Crippen molar-refractivity contribution in [2.75, 3.05) is 19.1 Å². The van der Waals surface area contributed by atoms with Gasteiger partial charge in [-0.05, 0) is 24.3 Å². The van der Waals surface area contributed by atoms with E-state index in [4.69, 9.17) is 14.6 Å². The van der Waals surface area contributed by atoms with Gasteiger partial charge in [-0.3, -0.25) is 4.79 Å². The molecule has 7 nitrogen and oxygen atoms in total. The minimum Gasteiger partial charge on any atom is -0.496 e. The van der Waals surface area contributed by atoms with Crippen molar-refractivity contribution in [2.24, 2.45) is 0 Å². The summed E-state index contributed by atoms with van der Waals surface area (Å²) in [6.07, 6.45) is 2.88. The fourth-order valence-corrected chi connectivity index (χ4v) is 2.77. The van der Waals surface area contributed by atoms with E-state index in [0.717, 1.165) is 5.56 Å². The molecule has 1 aliphatic rings. The molecule has 0 radical (unpaired) electrons. The molecular formula is C19H18N2O5. The third-order valence-electron chi connectivity index (χ3n) is 4.09. The second-order valence-electron chi connectivity index (χ2n) is 5.63. The van der Waals surface area contributed by atoms with Crippen LogP contribution in [0.5, 0.6) is 5.75 Å². The molecule has 1 heterocycles. The van der Waals surface area contributed by atoms with Crippen molar-refractivity contribution in [3.8, 4) is 5.75 Å². The highest BCUT2D eigenvalue weighted by atomic mass is 16.5. The molecule has 0 saturated carbocycles. The number of nitrogens with zero attached hydrogens (tertiary/aromatic N) is 1. The van der Waals surface area contributed by atoms with Gasteiger partial charge in [0.15, 0.2) is 6.23 Å². The predicted molar refractivity (Wildman–Crippen MR) is 95.2 cm³/mol. The number of para-hydroxylation sites is 1. The zero-order valence-electron chi connectivity index (χ0n) is 14.3. The van der Waals surface area contributed by atoms with E-state index in [0.29, 0.717) is 11.3 Å². The smallest absolute Gasteiger partial charge is 0.339 e. The summed E-state index contributed by atoms with van der Waals surface area (Å²) >= 11 is 0. The van der Waals surface area contributed by atoms with Gasteiger partial charge in [0, 0.05) is 24.4 Å². The van der Waals surface area contributed by atoms with E-state index in [2.05, 4.69) is 5.32 Å². The van der Waals surface area contributed by atoms with E-state index in [1.807, 2.05) is 24.3 Å². The Bertz CT molecular complexity index is 870. The van der Waals surface area contributed by atoms with Crippen molar-refractivity contribution >= 4 is 17.6 Å². The van der Waals surface area contributed by atoms with E-state index in [1.54, 1.807) is 19.5 Å². The zero-order valence-corrected chi connectivity index (χ0v) is 14.3. The first-order valence-electron chi connectivity index (χ1n) is 7.87. The number of methoxy groups -OCH3 is 1. The van der Waals surface area contributed by atoms with Crippen LogP contribution < -0.4 is 15.0 Å². The molecule has 0 aliphatic carbocycles. The van der Waals surface area contributed by atoms with Gasteiger partial charge in [0.25, 0.3) is 5.91 Å². The first-order valence-corrected chi connectivity index (χ1v) is 7.87. The molecule has 1 aliphatic heterocycles. The van der Waals surface area contributed by atoms with E-state index in [9.17, 15) is 9.59 Å². The Morgan fingerprint density at radius 2 is 2.00 bits per heavy atom. The molecule has 26 heavy (non-hydrogen) atoms. The van der Waals surface area contributed by atoms with Crippen molar-refractivity contribution in [2.45, 2.75) is 6.23 Å². The summed E-state index contributed by atoms with van der Waals surface area (Å²) in [5.74, 6) is -1.27. The lowest BCUT2D eigenvalue weighted by atomic mass is 10.1. The summed E-state index contributed by atoms with van der Waals surface area (Å²) in [7, 11) is 3.02. The summed E-state index contributed by atoms with van der Waals surface area (Å²) in [6, 6.07) is 11.7. The Labute approximate surface area is 150 Å². The molecule has 2 N–H and O–H groups in total. The lowest BCUT2D eigenvalue weighted by Gasteiger charge is -2.23. The number of nitrogens with one attached hydrogen (secondary N) is 1. The van der Waals surface area contributed by atoms with Crippen LogP contribution in [0.3, 0.4) is 0 Å². The number of anilines is 1. The van der Waals surface area contributed by atoms with Gasteiger partial charge in [0.1, 0.15) is 17.6 Å². The Balaban J connectivity index is 1.92. The summed E-state index contributed by atoms with van der Waals surface area (Å²) in [4.78, 5) is 25.6. The minimum atomic E-state index is -1.11. The van der Waals surface area contributed by atoms with Gasteiger partial charge in [0.05, 0.1) is 12.8 Å². The molecule has 0 fully saturated rings. The summed E-state index contributed by atoms with van der Waals surface area (Å²) in [6.45, 7) is 0. The molecule has 1 atom stereocenters. The fourth-order valence-electron chi connectivity index (χ4n) is 2.77. The first kappa shape index (κ1) is 17.3. The van der Waals surface area contributed by atoms with Gasteiger partial charge in [0.2, 0.25) is 0 Å². The van der Waals surface area contributed by atoms with Crippen LogP contribution in [-0.2, 0) is 4.74 Å². The number of carbonyl (C=O) groups is 2. The maximum atomic E-state index is 12.9. The van der Waals surface area contributed by atoms with E-state index in [-0.39, 0.29) is 23.4 Å². The van der Waals surface area contributed by atoms with Gasteiger partial charge in [-0.25, -0.2) is 4.79 Å². The number of rotatable bonds is 5. The predicted octanol–water partition coefficient (Wildman–Crippen LogP) is 2.76. The monoisotopic (exact) mass is 354 g/mol. The number of amides is 1. The highest BCUT2D eigenvalue weighted by molar-refractivity contribution is 6.07. The van der Waals surface area contributed by atoms with Crippen LogP contribution in [-0.4, -0.2) is 31.1 Å². The quantitative estimate of drug-likeness (QED) is 0.858. The number of carboxylic acids is 1. The highest BCUT2D eigenvalue weighted by Gasteiger charge is 2.23.